The van der Waals surface area contributed by atoms with Gasteiger partial charge < -0.3 is 0 Å². The Morgan fingerprint density at radius 2 is 2.00 bits per heavy atom. The van der Waals surface area contributed by atoms with Gasteiger partial charge in [0.1, 0.15) is 0 Å². The van der Waals surface area contributed by atoms with Gasteiger partial charge in [-0.25, -0.2) is 0 Å². The van der Waals surface area contributed by atoms with Crippen LogP contribution < -0.4 is 0 Å². The Bertz CT molecular complexity index is 258. The van der Waals surface area contributed by atoms with E-state index in [-0.39, 0.29) is 0 Å². The Labute approximate surface area is 71.0 Å². The van der Waals surface area contributed by atoms with E-state index in [2.05, 4.69) is 12.3 Å². The molecular weight excluding hydrogens is 154 g/mol. The number of hydrogen-bond donors (Lipinski definition) is 0. The number of nitrogens with zero attached hydrogens (tertiary/aromatic N) is 1. The molecule has 0 radical (unpaired) electrons. The van der Waals surface area contributed by atoms with E-state index in [0.29, 0.717) is 0 Å². The number of benzene rings is 1. The van der Waals surface area contributed by atoms with Gasteiger partial charge >= 0.3 is 0 Å². The zero-order valence-electron chi connectivity index (χ0n) is 6.37. The molecule has 1 aromatic carbocycles. The lowest BCUT2D eigenvalue weighted by atomic mass is 10.2. The molecule has 0 saturated carbocycles. The Balaban J connectivity index is 2.76. The largest absolute Gasteiger partial charge is 0.192 e. The molecule has 0 bridgehead atoms. The highest BCUT2D eigenvalue weighted by molar-refractivity contribution is 7.97. The first-order valence-corrected chi connectivity index (χ1v) is 4.74. The fourth-order valence-electron chi connectivity index (χ4n) is 0.842. The highest BCUT2D eigenvalue weighted by Crippen LogP contribution is 2.09. The maximum Gasteiger partial charge on any atom is 0.0991 e. The maximum atomic E-state index is 8.50. The molecule has 0 aliphatic carbocycles. The van der Waals surface area contributed by atoms with Crippen molar-refractivity contribution in [3.8, 4) is 6.07 Å². The van der Waals surface area contributed by atoms with E-state index >= 15 is 0 Å². The van der Waals surface area contributed by atoms with Gasteiger partial charge in [-0.15, -0.1) is 0 Å². The molecule has 0 atom stereocenters. The summed E-state index contributed by atoms with van der Waals surface area (Å²) in [5.74, 6) is 1.02. The lowest BCUT2D eigenvalue weighted by Gasteiger charge is -1.95. The van der Waals surface area contributed by atoms with Crippen molar-refractivity contribution < 1.29 is 0 Å². The molecule has 0 aromatic heterocycles. The smallest absolute Gasteiger partial charge is 0.0991 e. The van der Waals surface area contributed by atoms with Crippen LogP contribution in [0.25, 0.3) is 0 Å². The summed E-state index contributed by atoms with van der Waals surface area (Å²) in [5, 5.41) is 8.50. The van der Waals surface area contributed by atoms with Crippen molar-refractivity contribution in [3.05, 3.63) is 35.4 Å². The summed E-state index contributed by atoms with van der Waals surface area (Å²) in [5.41, 5.74) is 2.01. The maximum absolute atomic E-state index is 8.50. The van der Waals surface area contributed by atoms with E-state index in [1.54, 1.807) is 11.8 Å². The highest BCUT2D eigenvalue weighted by atomic mass is 32.2. The summed E-state index contributed by atoms with van der Waals surface area (Å²) in [4.78, 5) is 0. The molecule has 0 spiro atoms. The fourth-order valence-corrected chi connectivity index (χ4v) is 1.37. The van der Waals surface area contributed by atoms with Crippen LogP contribution in [0.15, 0.2) is 24.3 Å². The van der Waals surface area contributed by atoms with Crippen LogP contribution in [-0.4, -0.2) is 6.26 Å². The van der Waals surface area contributed by atoms with E-state index in [0.717, 1.165) is 11.3 Å². The van der Waals surface area contributed by atoms with Gasteiger partial charge in [-0.2, -0.15) is 17.0 Å². The van der Waals surface area contributed by atoms with Crippen molar-refractivity contribution >= 4 is 11.8 Å². The van der Waals surface area contributed by atoms with Crippen LogP contribution in [0.1, 0.15) is 11.1 Å². The SMILES string of the molecule is CSCc1ccc(C#N)cc1. The molecule has 0 aliphatic rings. The molecule has 0 heterocycles. The normalized spacial score (nSPS) is 9.09. The molecule has 1 aromatic rings. The summed E-state index contributed by atoms with van der Waals surface area (Å²) < 4.78 is 0. The first-order chi connectivity index (χ1) is 5.36. The van der Waals surface area contributed by atoms with Crippen LogP contribution in [0.2, 0.25) is 0 Å². The van der Waals surface area contributed by atoms with Crippen molar-refractivity contribution in [1.29, 1.82) is 5.26 Å². The molecule has 0 aliphatic heterocycles. The standard InChI is InChI=1S/C9H9NS/c1-11-7-9-4-2-8(6-10)3-5-9/h2-5H,7H2,1H3. The van der Waals surface area contributed by atoms with Crippen molar-refractivity contribution in [2.24, 2.45) is 0 Å². The minimum absolute atomic E-state index is 0.731. The van der Waals surface area contributed by atoms with Gasteiger partial charge in [-0.3, -0.25) is 0 Å². The van der Waals surface area contributed by atoms with Crippen LogP contribution >= 0.6 is 11.8 Å². The lowest BCUT2D eigenvalue weighted by molar-refractivity contribution is 1.40. The summed E-state index contributed by atoms with van der Waals surface area (Å²) in [6.45, 7) is 0. The molecule has 0 N–H and O–H groups in total. The number of rotatable bonds is 2. The van der Waals surface area contributed by atoms with E-state index < -0.39 is 0 Å². The number of thioether (sulfide) groups is 1. The van der Waals surface area contributed by atoms with Gasteiger partial charge in [0.15, 0.2) is 0 Å². The summed E-state index contributed by atoms with van der Waals surface area (Å²) in [7, 11) is 0. The minimum Gasteiger partial charge on any atom is -0.192 e. The molecule has 0 saturated heterocycles. The van der Waals surface area contributed by atoms with Gasteiger partial charge in [-0.1, -0.05) is 12.1 Å². The average Bonchev–Trinajstić information content (AvgIpc) is 2.07. The molecule has 2 heteroatoms. The Hall–Kier alpha value is -0.940. The van der Waals surface area contributed by atoms with E-state index in [1.807, 2.05) is 24.3 Å². The summed E-state index contributed by atoms with van der Waals surface area (Å²) in [6, 6.07) is 9.79. The molecule has 56 valence electrons. The van der Waals surface area contributed by atoms with Gasteiger partial charge in [0.05, 0.1) is 11.6 Å². The lowest BCUT2D eigenvalue weighted by Crippen LogP contribution is -1.79. The van der Waals surface area contributed by atoms with Crippen LogP contribution in [0.3, 0.4) is 0 Å². The Morgan fingerprint density at radius 3 is 2.45 bits per heavy atom. The summed E-state index contributed by atoms with van der Waals surface area (Å²) in [6.07, 6.45) is 2.07. The van der Waals surface area contributed by atoms with Gasteiger partial charge in [-0.05, 0) is 24.0 Å². The molecule has 0 amide bonds. The molecule has 11 heavy (non-hydrogen) atoms. The molecule has 0 fully saturated rings. The average molecular weight is 163 g/mol. The van der Waals surface area contributed by atoms with Gasteiger partial charge in [0.2, 0.25) is 0 Å². The van der Waals surface area contributed by atoms with E-state index in [1.165, 1.54) is 5.56 Å². The second kappa shape index (κ2) is 4.05. The van der Waals surface area contributed by atoms with Crippen molar-refractivity contribution in [2.75, 3.05) is 6.26 Å². The van der Waals surface area contributed by atoms with Gasteiger partial charge in [0, 0.05) is 5.75 Å². The third-order valence-electron chi connectivity index (χ3n) is 1.39. The van der Waals surface area contributed by atoms with E-state index in [4.69, 9.17) is 5.26 Å². The topological polar surface area (TPSA) is 23.8 Å². The number of hydrogen-bond acceptors (Lipinski definition) is 2. The fraction of sp³-hybridized carbons (Fsp3) is 0.222. The molecule has 0 unspecified atom stereocenters. The second-order valence-electron chi connectivity index (χ2n) is 2.24. The van der Waals surface area contributed by atoms with Gasteiger partial charge in [0.25, 0.3) is 0 Å². The van der Waals surface area contributed by atoms with Crippen LogP contribution in [-0.2, 0) is 5.75 Å². The van der Waals surface area contributed by atoms with Crippen molar-refractivity contribution in [2.45, 2.75) is 5.75 Å². The monoisotopic (exact) mass is 163 g/mol. The molecule has 1 nitrogen and oxygen atoms in total. The Morgan fingerprint density at radius 1 is 1.36 bits per heavy atom. The van der Waals surface area contributed by atoms with Crippen molar-refractivity contribution in [1.82, 2.24) is 0 Å². The number of nitriles is 1. The molecule has 1 rings (SSSR count). The van der Waals surface area contributed by atoms with Crippen LogP contribution in [0, 0.1) is 11.3 Å². The zero-order valence-corrected chi connectivity index (χ0v) is 7.19. The minimum atomic E-state index is 0.731. The predicted molar refractivity (Wildman–Crippen MR) is 48.4 cm³/mol. The Kier molecular flexibility index (Phi) is 3.00. The first kappa shape index (κ1) is 8.16. The van der Waals surface area contributed by atoms with Crippen LogP contribution in [0.4, 0.5) is 0 Å². The third kappa shape index (κ3) is 2.28. The highest BCUT2D eigenvalue weighted by Gasteiger charge is 1.91. The zero-order chi connectivity index (χ0) is 8.10. The second-order valence-corrected chi connectivity index (χ2v) is 3.11. The molecular formula is C9H9NS. The summed E-state index contributed by atoms with van der Waals surface area (Å²) >= 11 is 1.79. The van der Waals surface area contributed by atoms with E-state index in [9.17, 15) is 0 Å². The van der Waals surface area contributed by atoms with Crippen molar-refractivity contribution in [3.63, 3.8) is 0 Å². The third-order valence-corrected chi connectivity index (χ3v) is 2.02. The quantitative estimate of drug-likeness (QED) is 0.668. The predicted octanol–water partition coefficient (Wildman–Crippen LogP) is 2.42. The van der Waals surface area contributed by atoms with Crippen LogP contribution in [0.5, 0.6) is 0 Å². The first-order valence-electron chi connectivity index (χ1n) is 3.35.